The fraction of sp³-hybridized carbons (Fsp3) is 0.901. The lowest BCUT2D eigenvalue weighted by molar-refractivity contribution is -0.379. The number of unbranched alkanes of at least 4 members (excludes halogenated alkanes) is 36. The Labute approximate surface area is 542 Å². The van der Waals surface area contributed by atoms with E-state index in [0.29, 0.717) is 12.8 Å². The van der Waals surface area contributed by atoms with Crippen LogP contribution in [0.1, 0.15) is 277 Å². The van der Waals surface area contributed by atoms with Crippen LogP contribution in [-0.2, 0) is 33.2 Å². The van der Waals surface area contributed by atoms with Crippen LogP contribution >= 0.6 is 0 Å². The Kier molecular flexibility index (Phi) is 48.6. The van der Waals surface area contributed by atoms with Gasteiger partial charge in [0.1, 0.15) is 73.2 Å². The first kappa shape index (κ1) is 82.2. The molecule has 528 valence electrons. The Balaban J connectivity index is 1.44. The molecule has 3 aliphatic heterocycles. The van der Waals surface area contributed by atoms with Crippen molar-refractivity contribution in [1.82, 2.24) is 5.32 Å². The molecule has 0 aliphatic carbocycles. The van der Waals surface area contributed by atoms with Crippen molar-refractivity contribution in [3.05, 3.63) is 36.5 Å². The lowest BCUT2D eigenvalue weighted by atomic mass is 9.96. The van der Waals surface area contributed by atoms with Gasteiger partial charge in [0.25, 0.3) is 0 Å². The van der Waals surface area contributed by atoms with Crippen LogP contribution in [0, 0.1) is 0 Å². The largest absolute Gasteiger partial charge is 0.394 e. The second-order valence-electron chi connectivity index (χ2n) is 26.0. The fourth-order valence-electron chi connectivity index (χ4n) is 12.3. The molecule has 0 aromatic rings. The molecular formula is C71H131NO18. The van der Waals surface area contributed by atoms with Crippen molar-refractivity contribution in [3.63, 3.8) is 0 Å². The van der Waals surface area contributed by atoms with Crippen LogP contribution in [-0.4, -0.2) is 193 Å². The first-order chi connectivity index (χ1) is 43.8. The predicted molar refractivity (Wildman–Crippen MR) is 351 cm³/mol. The number of aliphatic hydroxyl groups excluding tert-OH is 11. The van der Waals surface area contributed by atoms with Crippen LogP contribution in [0.15, 0.2) is 36.5 Å². The average molecular weight is 1290 g/mol. The van der Waals surface area contributed by atoms with Crippen LogP contribution in [0.2, 0.25) is 0 Å². The Morgan fingerprint density at radius 3 is 1.11 bits per heavy atom. The molecular weight excluding hydrogens is 1150 g/mol. The van der Waals surface area contributed by atoms with E-state index in [2.05, 4.69) is 43.5 Å². The van der Waals surface area contributed by atoms with Gasteiger partial charge in [0, 0.05) is 6.42 Å². The van der Waals surface area contributed by atoms with Crippen molar-refractivity contribution in [2.75, 3.05) is 26.4 Å². The highest BCUT2D eigenvalue weighted by atomic mass is 16.8. The minimum atomic E-state index is -1.98. The molecule has 3 fully saturated rings. The van der Waals surface area contributed by atoms with Gasteiger partial charge < -0.3 is 89.9 Å². The van der Waals surface area contributed by atoms with E-state index in [1.807, 2.05) is 6.08 Å². The lowest BCUT2D eigenvalue weighted by Gasteiger charge is -2.48. The first-order valence-electron chi connectivity index (χ1n) is 36.2. The molecule has 3 rings (SSSR count). The Morgan fingerprint density at radius 2 is 0.711 bits per heavy atom. The molecule has 0 spiro atoms. The van der Waals surface area contributed by atoms with Gasteiger partial charge in [-0.1, -0.05) is 262 Å². The van der Waals surface area contributed by atoms with Crippen LogP contribution in [0.3, 0.4) is 0 Å². The number of aliphatic hydroxyl groups is 11. The Morgan fingerprint density at radius 1 is 0.389 bits per heavy atom. The number of carbonyl (C=O) groups is 1. The van der Waals surface area contributed by atoms with Crippen molar-refractivity contribution >= 4 is 5.91 Å². The molecule has 0 aromatic carbocycles. The first-order valence-corrected chi connectivity index (χ1v) is 36.2. The molecule has 0 saturated carbocycles. The number of nitrogens with one attached hydrogen (secondary N) is 1. The van der Waals surface area contributed by atoms with Gasteiger partial charge in [-0.25, -0.2) is 0 Å². The van der Waals surface area contributed by atoms with E-state index in [-0.39, 0.29) is 18.9 Å². The fourth-order valence-corrected chi connectivity index (χ4v) is 12.3. The highest BCUT2D eigenvalue weighted by Gasteiger charge is 2.53. The molecule has 0 radical (unpaired) electrons. The summed E-state index contributed by atoms with van der Waals surface area (Å²) < 4.78 is 34.4. The minimum absolute atomic E-state index is 0.236. The molecule has 3 saturated heterocycles. The quantitative estimate of drug-likeness (QED) is 0.0199. The molecule has 3 heterocycles. The summed E-state index contributed by atoms with van der Waals surface area (Å²) in [6.45, 7) is 1.74. The zero-order chi connectivity index (χ0) is 65.4. The van der Waals surface area contributed by atoms with Gasteiger partial charge in [-0.15, -0.1) is 0 Å². The maximum Gasteiger partial charge on any atom is 0.220 e. The number of amides is 1. The smallest absolute Gasteiger partial charge is 0.220 e. The Hall–Kier alpha value is -1.99. The molecule has 3 aliphatic rings. The number of hydrogen-bond donors (Lipinski definition) is 12. The molecule has 90 heavy (non-hydrogen) atoms. The van der Waals surface area contributed by atoms with Gasteiger partial charge in [-0.3, -0.25) is 4.79 Å². The van der Waals surface area contributed by atoms with Gasteiger partial charge in [-0.2, -0.15) is 0 Å². The monoisotopic (exact) mass is 1290 g/mol. The maximum absolute atomic E-state index is 13.4. The highest BCUT2D eigenvalue weighted by molar-refractivity contribution is 5.76. The number of hydrogen-bond acceptors (Lipinski definition) is 18. The molecule has 19 heteroatoms. The number of rotatable bonds is 56. The topological polar surface area (TPSA) is 307 Å². The molecule has 0 bridgehead atoms. The highest BCUT2D eigenvalue weighted by Crippen LogP contribution is 2.33. The SMILES string of the molecule is CCCCCCCCCCCCCC/C=C/CC/C=C/CC/C=C/C(O)C(COC1OC(CO)C(OC2OC(CO)C(OC3OC(CO)C(O)C(O)C3O)C(O)C2O)C(O)C1O)NC(=O)CCCCCCCCCCCCCCCCCCCCCCCCC. The summed E-state index contributed by atoms with van der Waals surface area (Å²) in [5.41, 5.74) is 0. The Bertz CT molecular complexity index is 1780. The van der Waals surface area contributed by atoms with Gasteiger partial charge in [0.2, 0.25) is 5.91 Å². The molecule has 17 atom stereocenters. The zero-order valence-corrected chi connectivity index (χ0v) is 55.9. The van der Waals surface area contributed by atoms with E-state index in [1.54, 1.807) is 6.08 Å². The van der Waals surface area contributed by atoms with E-state index in [1.165, 1.54) is 199 Å². The summed E-state index contributed by atoms with van der Waals surface area (Å²) in [6, 6.07) is -0.995. The van der Waals surface area contributed by atoms with E-state index in [9.17, 15) is 61.0 Å². The second kappa shape index (κ2) is 53.2. The lowest BCUT2D eigenvalue weighted by Crippen LogP contribution is -2.66. The van der Waals surface area contributed by atoms with Gasteiger partial charge in [0.15, 0.2) is 18.9 Å². The van der Waals surface area contributed by atoms with Gasteiger partial charge >= 0.3 is 0 Å². The summed E-state index contributed by atoms with van der Waals surface area (Å²) >= 11 is 0. The standard InChI is InChI=1S/C71H131NO18/c1-3-5-7-9-11-13-15-17-19-21-23-25-27-29-31-33-35-37-39-41-43-45-47-49-59(77)72-54(55(76)48-46-44-42-40-38-36-34-32-30-28-26-24-22-20-18-16-14-12-10-8-6-4-2)53-85-69-65(83)62(80)67(57(51-74)87-69)90-71-66(84)63(81)68(58(52-75)88-71)89-70-64(82)61(79)60(78)56(50-73)86-70/h30,32,38,40,46,48,54-58,60-71,73-76,78-84H,3-29,31,33-37,39,41-45,47,49-53H2,1-2H3,(H,72,77)/b32-30+,40-38+,48-46+. The number of carbonyl (C=O) groups excluding carboxylic acids is 1. The number of ether oxygens (including phenoxy) is 6. The van der Waals surface area contributed by atoms with Crippen LogP contribution in [0.25, 0.3) is 0 Å². The summed E-state index contributed by atoms with van der Waals surface area (Å²) in [6.07, 6.45) is 35.5. The third-order valence-electron chi connectivity index (χ3n) is 18.2. The summed E-state index contributed by atoms with van der Waals surface area (Å²) in [5.74, 6) is -0.285. The van der Waals surface area contributed by atoms with E-state index >= 15 is 0 Å². The van der Waals surface area contributed by atoms with E-state index in [0.717, 1.165) is 44.9 Å². The van der Waals surface area contributed by atoms with E-state index in [4.69, 9.17) is 28.4 Å². The van der Waals surface area contributed by atoms with Gasteiger partial charge in [-0.05, 0) is 44.9 Å². The molecule has 1 amide bonds. The van der Waals surface area contributed by atoms with Crippen LogP contribution in [0.5, 0.6) is 0 Å². The molecule has 17 unspecified atom stereocenters. The summed E-state index contributed by atoms with van der Waals surface area (Å²) in [7, 11) is 0. The predicted octanol–water partition coefficient (Wildman–Crippen LogP) is 10.00. The second-order valence-corrected chi connectivity index (χ2v) is 26.0. The summed E-state index contributed by atoms with van der Waals surface area (Å²) in [5, 5.41) is 121. The molecule has 12 N–H and O–H groups in total. The summed E-state index contributed by atoms with van der Waals surface area (Å²) in [4.78, 5) is 13.4. The maximum atomic E-state index is 13.4. The van der Waals surface area contributed by atoms with Crippen molar-refractivity contribution in [3.8, 4) is 0 Å². The van der Waals surface area contributed by atoms with Crippen LogP contribution < -0.4 is 5.32 Å². The van der Waals surface area contributed by atoms with Crippen molar-refractivity contribution < 1.29 is 89.4 Å². The van der Waals surface area contributed by atoms with Crippen molar-refractivity contribution in [1.29, 1.82) is 0 Å². The van der Waals surface area contributed by atoms with Crippen molar-refractivity contribution in [2.45, 2.75) is 381 Å². The van der Waals surface area contributed by atoms with Crippen LogP contribution in [0.4, 0.5) is 0 Å². The molecule has 0 aromatic heterocycles. The third-order valence-corrected chi connectivity index (χ3v) is 18.2. The van der Waals surface area contributed by atoms with E-state index < -0.39 is 124 Å². The average Bonchev–Trinajstić information content (AvgIpc) is 1.01. The third kappa shape index (κ3) is 34.6. The molecule has 19 nitrogen and oxygen atoms in total. The number of allylic oxidation sites excluding steroid dienone is 5. The minimum Gasteiger partial charge on any atom is -0.394 e. The zero-order valence-electron chi connectivity index (χ0n) is 55.9. The normalized spacial score (nSPS) is 28.2. The van der Waals surface area contributed by atoms with Crippen molar-refractivity contribution in [2.24, 2.45) is 0 Å². The van der Waals surface area contributed by atoms with Gasteiger partial charge in [0.05, 0.1) is 38.6 Å².